The first-order chi connectivity index (χ1) is 21.6. The van der Waals surface area contributed by atoms with E-state index in [9.17, 15) is 14.4 Å². The minimum atomic E-state index is -0.430. The molecule has 0 aliphatic carbocycles. The number of amides is 6. The molecule has 0 aliphatic rings. The van der Waals surface area contributed by atoms with Crippen molar-refractivity contribution in [2.24, 2.45) is 10.2 Å². The van der Waals surface area contributed by atoms with E-state index >= 15 is 0 Å². The van der Waals surface area contributed by atoms with Crippen molar-refractivity contribution in [1.29, 1.82) is 0 Å². The molecule has 21 heteroatoms. The van der Waals surface area contributed by atoms with E-state index in [1.54, 1.807) is 0 Å². The number of urea groups is 3. The lowest BCUT2D eigenvalue weighted by Gasteiger charge is -2.11. The number of carbonyl (C=O) groups is 3. The average Bonchev–Trinajstić information content (AvgIpc) is 3.02. The minimum absolute atomic E-state index is 0.216. The molecule has 0 atom stereocenters. The lowest BCUT2D eigenvalue weighted by atomic mass is 10.5. The van der Waals surface area contributed by atoms with Crippen LogP contribution in [-0.2, 0) is 28.4 Å². The van der Waals surface area contributed by atoms with Crippen molar-refractivity contribution in [3.63, 3.8) is 0 Å². The van der Waals surface area contributed by atoms with Crippen molar-refractivity contribution in [3.8, 4) is 0 Å². The molecule has 0 aliphatic heterocycles. The first-order valence-corrected chi connectivity index (χ1v) is 14.1. The van der Waals surface area contributed by atoms with E-state index in [0.717, 1.165) is 0 Å². The van der Waals surface area contributed by atoms with Gasteiger partial charge in [-0.2, -0.15) is 0 Å². The van der Waals surface area contributed by atoms with Crippen LogP contribution in [0.15, 0.2) is 10.2 Å². The van der Waals surface area contributed by atoms with Crippen LogP contribution in [0.1, 0.15) is 0 Å². The number of nitrogens with one attached hydrogen (secondary N) is 6. The van der Waals surface area contributed by atoms with Crippen molar-refractivity contribution < 1.29 is 42.8 Å². The highest BCUT2D eigenvalue weighted by Gasteiger charge is 2.03. The van der Waals surface area contributed by atoms with E-state index in [4.69, 9.17) is 39.5 Å². The number of nitrogens with zero attached hydrogens (tertiary/aromatic N) is 6. The molecular weight excluding hydrogens is 588 g/mol. The summed E-state index contributed by atoms with van der Waals surface area (Å²) in [5.74, 6) is 0. The lowest BCUT2D eigenvalue weighted by molar-refractivity contribution is 0.0169. The van der Waals surface area contributed by atoms with Gasteiger partial charge in [0.05, 0.1) is 79.3 Å². The number of rotatable bonds is 30. The van der Waals surface area contributed by atoms with Gasteiger partial charge in [-0.05, 0) is 11.1 Å². The molecular formula is C23H46N12O9. The van der Waals surface area contributed by atoms with E-state index in [2.05, 4.69) is 52.0 Å². The maximum Gasteiger partial charge on any atom is 0.314 e. The van der Waals surface area contributed by atoms with Crippen LogP contribution in [0.2, 0.25) is 0 Å². The summed E-state index contributed by atoms with van der Waals surface area (Å²) >= 11 is 0. The Labute approximate surface area is 256 Å². The summed E-state index contributed by atoms with van der Waals surface area (Å²) in [4.78, 5) is 40.5. The number of ether oxygens (including phenoxy) is 6. The molecule has 0 saturated heterocycles. The molecule has 0 bridgehead atoms. The molecule has 0 radical (unpaired) electrons. The van der Waals surface area contributed by atoms with Gasteiger partial charge in [-0.25, -0.2) is 14.4 Å². The molecule has 0 aromatic heterocycles. The molecule has 0 unspecified atom stereocenters. The smallest absolute Gasteiger partial charge is 0.314 e. The summed E-state index contributed by atoms with van der Waals surface area (Å²) in [6.45, 7) is 6.51. The van der Waals surface area contributed by atoms with Crippen LogP contribution < -0.4 is 31.9 Å². The Bertz CT molecular complexity index is 766. The third-order valence-electron chi connectivity index (χ3n) is 4.74. The van der Waals surface area contributed by atoms with Crippen molar-refractivity contribution in [1.82, 2.24) is 31.9 Å². The molecule has 0 rings (SSSR count). The van der Waals surface area contributed by atoms with Gasteiger partial charge >= 0.3 is 18.1 Å². The van der Waals surface area contributed by atoms with E-state index in [1.165, 1.54) is 0 Å². The van der Waals surface area contributed by atoms with Crippen LogP contribution in [0.3, 0.4) is 0 Å². The van der Waals surface area contributed by atoms with Gasteiger partial charge < -0.3 is 60.3 Å². The highest BCUT2D eigenvalue weighted by Crippen LogP contribution is 1.84. The van der Waals surface area contributed by atoms with E-state index in [-0.39, 0.29) is 51.3 Å². The van der Waals surface area contributed by atoms with Crippen LogP contribution in [0.5, 0.6) is 0 Å². The number of hydrogen-bond donors (Lipinski definition) is 6. The Hall–Kier alpha value is -3.81. The van der Waals surface area contributed by atoms with E-state index in [0.29, 0.717) is 92.4 Å². The van der Waals surface area contributed by atoms with E-state index < -0.39 is 6.03 Å². The third kappa shape index (κ3) is 32.7. The fourth-order valence-electron chi connectivity index (χ4n) is 2.75. The van der Waals surface area contributed by atoms with Gasteiger partial charge in [0.2, 0.25) is 0 Å². The molecule has 6 amide bonds. The zero-order valence-corrected chi connectivity index (χ0v) is 25.0. The Morgan fingerprint density at radius 2 is 0.659 bits per heavy atom. The number of azide groups is 2. The van der Waals surface area contributed by atoms with Crippen molar-refractivity contribution >= 4 is 18.1 Å². The maximum atomic E-state index is 11.8. The van der Waals surface area contributed by atoms with Gasteiger partial charge in [-0.1, -0.05) is 10.2 Å². The topological polar surface area (TPSA) is 276 Å². The van der Waals surface area contributed by atoms with Crippen molar-refractivity contribution in [2.45, 2.75) is 0 Å². The predicted octanol–water partition coefficient (Wildman–Crippen LogP) is -0.396. The monoisotopic (exact) mass is 634 g/mol. The normalized spacial score (nSPS) is 10.2. The summed E-state index contributed by atoms with van der Waals surface area (Å²) in [5.41, 5.74) is 16.2. The molecule has 252 valence electrons. The second kappa shape index (κ2) is 33.7. The van der Waals surface area contributed by atoms with Crippen LogP contribution >= 0.6 is 0 Å². The van der Waals surface area contributed by atoms with E-state index in [1.807, 2.05) is 0 Å². The Balaban J connectivity index is 3.39. The van der Waals surface area contributed by atoms with Gasteiger partial charge in [0, 0.05) is 62.2 Å². The molecule has 21 nitrogen and oxygen atoms in total. The lowest BCUT2D eigenvalue weighted by Crippen LogP contribution is -2.45. The molecule has 44 heavy (non-hydrogen) atoms. The summed E-state index contributed by atoms with van der Waals surface area (Å²) in [7, 11) is 0. The molecule has 6 N–H and O–H groups in total. The summed E-state index contributed by atoms with van der Waals surface area (Å²) < 4.78 is 31.7. The molecule has 0 aromatic rings. The van der Waals surface area contributed by atoms with Gasteiger partial charge in [0.25, 0.3) is 0 Å². The molecule has 0 fully saturated rings. The molecule has 0 aromatic carbocycles. The second-order valence-corrected chi connectivity index (χ2v) is 8.13. The maximum absolute atomic E-state index is 11.8. The first kappa shape index (κ1) is 40.2. The number of hydrogen-bond acceptors (Lipinski definition) is 11. The van der Waals surface area contributed by atoms with Crippen LogP contribution in [0.25, 0.3) is 20.9 Å². The van der Waals surface area contributed by atoms with Crippen LogP contribution in [-0.4, -0.2) is 150 Å². The average molecular weight is 635 g/mol. The minimum Gasteiger partial charge on any atom is -0.379 e. The van der Waals surface area contributed by atoms with Crippen molar-refractivity contribution in [3.05, 3.63) is 20.9 Å². The predicted molar refractivity (Wildman–Crippen MR) is 157 cm³/mol. The second-order valence-electron chi connectivity index (χ2n) is 8.13. The van der Waals surface area contributed by atoms with Gasteiger partial charge in [-0.15, -0.1) is 0 Å². The highest BCUT2D eigenvalue weighted by molar-refractivity contribution is 5.75. The Kier molecular flexibility index (Phi) is 30.8. The quantitative estimate of drug-likeness (QED) is 0.0259. The number of carbonyl (C=O) groups excluding carboxylic acids is 3. The summed E-state index contributed by atoms with van der Waals surface area (Å²) in [6, 6.07) is -1.21. The third-order valence-corrected chi connectivity index (χ3v) is 4.74. The van der Waals surface area contributed by atoms with Crippen LogP contribution in [0.4, 0.5) is 14.4 Å². The fourth-order valence-corrected chi connectivity index (χ4v) is 2.75. The Morgan fingerprint density at radius 1 is 0.409 bits per heavy atom. The fraction of sp³-hybridized carbons (Fsp3) is 0.870. The largest absolute Gasteiger partial charge is 0.379 e. The SMILES string of the molecule is [N-]=[N+]=NCCOCCOCCOCCNC(=O)NCCNC(=O)NCCNC(=O)NCCOCCOCCOCCN=[N+]=[N-]. The van der Waals surface area contributed by atoms with Crippen molar-refractivity contribution in [2.75, 3.05) is 132 Å². The van der Waals surface area contributed by atoms with Gasteiger partial charge in [0.15, 0.2) is 0 Å². The standard InChI is InChI=1S/C23H46N12O9/c24-34-32-7-11-41-15-19-43-17-13-39-9-5-30-22(37)28-3-1-26-21(36)27-2-4-29-23(38)31-6-10-40-14-18-44-20-16-42-12-8-33-35-25/h1-20H2,(H2,26,27,36)(H2,28,30,37)(H2,29,31,38). The zero-order chi connectivity index (χ0) is 32.2. The summed E-state index contributed by atoms with van der Waals surface area (Å²) in [6.07, 6.45) is 0. The molecule has 0 saturated carbocycles. The highest BCUT2D eigenvalue weighted by atomic mass is 16.5. The Morgan fingerprint density at radius 3 is 0.955 bits per heavy atom. The van der Waals surface area contributed by atoms with Gasteiger partial charge in [-0.3, -0.25) is 0 Å². The van der Waals surface area contributed by atoms with Gasteiger partial charge in [0.1, 0.15) is 0 Å². The first-order valence-electron chi connectivity index (χ1n) is 14.1. The summed E-state index contributed by atoms with van der Waals surface area (Å²) in [5, 5.41) is 22.3. The zero-order valence-electron chi connectivity index (χ0n) is 25.0. The molecule has 0 heterocycles. The van der Waals surface area contributed by atoms with Crippen LogP contribution in [0, 0.1) is 0 Å². The molecule has 0 spiro atoms.